The Balaban J connectivity index is 1.58. The molecular weight excluding hydrogens is 373 g/mol. The number of fused-ring (bicyclic) bond motifs is 1. The summed E-state index contributed by atoms with van der Waals surface area (Å²) in [5.41, 5.74) is 3.66. The smallest absolute Gasteiger partial charge is 0.165 e. The highest BCUT2D eigenvalue weighted by atomic mass is 19.1. The highest BCUT2D eigenvalue weighted by Gasteiger charge is 2.19. The maximum atomic E-state index is 14.2. The number of rotatable bonds is 5. The summed E-state index contributed by atoms with van der Waals surface area (Å²) in [6.07, 6.45) is 2.71. The molecule has 3 aromatic rings. The lowest BCUT2D eigenvalue weighted by molar-refractivity contribution is 0.195. The molecule has 29 heavy (non-hydrogen) atoms. The minimum atomic E-state index is -0.394. The van der Waals surface area contributed by atoms with E-state index in [2.05, 4.69) is 21.2 Å². The first-order chi connectivity index (χ1) is 14.2. The van der Waals surface area contributed by atoms with Crippen LogP contribution in [0.4, 0.5) is 4.39 Å². The number of ether oxygens (including phenoxy) is 3. The van der Waals surface area contributed by atoms with E-state index in [0.717, 1.165) is 53.4 Å². The quantitative estimate of drug-likeness (QED) is 0.705. The molecular formula is C22H24FN3O3. The molecule has 7 heteroatoms. The maximum absolute atomic E-state index is 14.2. The molecule has 0 spiro atoms. The Morgan fingerprint density at radius 1 is 1.17 bits per heavy atom. The number of para-hydroxylation sites is 1. The first kappa shape index (κ1) is 19.3. The number of aromatic nitrogens is 2. The average Bonchev–Trinajstić information content (AvgIpc) is 3.17. The predicted octanol–water partition coefficient (Wildman–Crippen LogP) is 4.02. The minimum absolute atomic E-state index is 0.226. The topological polar surface area (TPSA) is 59.6 Å². The molecule has 0 amide bonds. The van der Waals surface area contributed by atoms with Crippen LogP contribution in [0.3, 0.4) is 0 Å². The number of nitrogens with zero attached hydrogens (tertiary/aromatic N) is 2. The van der Waals surface area contributed by atoms with Crippen LogP contribution in [0.25, 0.3) is 11.3 Å². The Labute approximate surface area is 169 Å². The molecule has 2 aromatic carbocycles. The van der Waals surface area contributed by atoms with Crippen LogP contribution in [0, 0.1) is 5.82 Å². The molecule has 1 N–H and O–H groups in total. The van der Waals surface area contributed by atoms with E-state index < -0.39 is 5.82 Å². The van der Waals surface area contributed by atoms with Crippen molar-refractivity contribution >= 4 is 0 Å². The molecule has 1 aliphatic rings. The fourth-order valence-electron chi connectivity index (χ4n) is 3.67. The summed E-state index contributed by atoms with van der Waals surface area (Å²) < 4.78 is 30.6. The molecule has 1 aliphatic heterocycles. The van der Waals surface area contributed by atoms with E-state index in [1.54, 1.807) is 19.4 Å². The van der Waals surface area contributed by atoms with Gasteiger partial charge in [-0.1, -0.05) is 12.1 Å². The van der Waals surface area contributed by atoms with Gasteiger partial charge in [0.2, 0.25) is 0 Å². The van der Waals surface area contributed by atoms with Gasteiger partial charge < -0.3 is 14.2 Å². The highest BCUT2D eigenvalue weighted by molar-refractivity contribution is 5.63. The van der Waals surface area contributed by atoms with Crippen LogP contribution in [-0.2, 0) is 13.1 Å². The second kappa shape index (κ2) is 8.53. The van der Waals surface area contributed by atoms with Crippen molar-refractivity contribution in [2.45, 2.75) is 19.5 Å². The van der Waals surface area contributed by atoms with Crippen molar-refractivity contribution in [2.75, 3.05) is 27.4 Å². The number of benzene rings is 2. The van der Waals surface area contributed by atoms with Crippen LogP contribution < -0.4 is 14.2 Å². The summed E-state index contributed by atoms with van der Waals surface area (Å²) >= 11 is 0. The van der Waals surface area contributed by atoms with E-state index in [4.69, 9.17) is 14.2 Å². The van der Waals surface area contributed by atoms with E-state index in [-0.39, 0.29) is 5.75 Å². The van der Waals surface area contributed by atoms with Crippen molar-refractivity contribution in [3.8, 4) is 28.5 Å². The van der Waals surface area contributed by atoms with Crippen molar-refractivity contribution in [3.05, 3.63) is 59.5 Å². The summed E-state index contributed by atoms with van der Waals surface area (Å²) in [4.78, 5) is 2.34. The molecule has 0 aliphatic carbocycles. The van der Waals surface area contributed by atoms with Gasteiger partial charge in [-0.2, -0.15) is 5.10 Å². The van der Waals surface area contributed by atoms with E-state index in [1.807, 2.05) is 18.2 Å². The van der Waals surface area contributed by atoms with Gasteiger partial charge in [-0.3, -0.25) is 10.00 Å². The minimum Gasteiger partial charge on any atom is -0.494 e. The zero-order chi connectivity index (χ0) is 20.2. The van der Waals surface area contributed by atoms with Gasteiger partial charge in [0.25, 0.3) is 0 Å². The van der Waals surface area contributed by atoms with Crippen LogP contribution in [0.5, 0.6) is 17.2 Å². The first-order valence-electron chi connectivity index (χ1n) is 9.56. The summed E-state index contributed by atoms with van der Waals surface area (Å²) in [5.74, 6) is 1.39. The van der Waals surface area contributed by atoms with Crippen LogP contribution in [0.1, 0.15) is 17.5 Å². The van der Waals surface area contributed by atoms with E-state index >= 15 is 0 Å². The van der Waals surface area contributed by atoms with Crippen molar-refractivity contribution in [3.63, 3.8) is 0 Å². The van der Waals surface area contributed by atoms with Gasteiger partial charge in [-0.25, -0.2) is 4.39 Å². The molecule has 152 valence electrons. The SMILES string of the molecule is COc1ccc(-c2[nH]ncc2CN2CCCOc3c(cccc3OC)C2)cc1F. The van der Waals surface area contributed by atoms with Crippen molar-refractivity contribution in [1.82, 2.24) is 15.1 Å². The highest BCUT2D eigenvalue weighted by Crippen LogP contribution is 2.34. The summed E-state index contributed by atoms with van der Waals surface area (Å²) in [6.45, 7) is 2.94. The second-order valence-corrected chi connectivity index (χ2v) is 6.98. The molecule has 0 atom stereocenters. The number of aromatic amines is 1. The van der Waals surface area contributed by atoms with Gasteiger partial charge in [0.05, 0.1) is 32.7 Å². The van der Waals surface area contributed by atoms with Crippen LogP contribution in [0.2, 0.25) is 0 Å². The second-order valence-electron chi connectivity index (χ2n) is 6.98. The molecule has 0 bridgehead atoms. The molecule has 0 unspecified atom stereocenters. The van der Waals surface area contributed by atoms with Gasteiger partial charge >= 0.3 is 0 Å². The van der Waals surface area contributed by atoms with Gasteiger partial charge in [0.15, 0.2) is 23.1 Å². The van der Waals surface area contributed by atoms with Crippen molar-refractivity contribution in [1.29, 1.82) is 0 Å². The molecule has 0 radical (unpaired) electrons. The summed E-state index contributed by atoms with van der Waals surface area (Å²) in [7, 11) is 3.11. The molecule has 0 saturated heterocycles. The molecule has 2 heterocycles. The zero-order valence-electron chi connectivity index (χ0n) is 16.6. The normalized spacial score (nSPS) is 14.4. The summed E-state index contributed by atoms with van der Waals surface area (Å²) in [6, 6.07) is 10.9. The van der Waals surface area contributed by atoms with Gasteiger partial charge in [-0.05, 0) is 30.7 Å². The van der Waals surface area contributed by atoms with Crippen molar-refractivity contribution in [2.24, 2.45) is 0 Å². The average molecular weight is 397 g/mol. The third kappa shape index (κ3) is 4.05. The molecule has 1 aromatic heterocycles. The lowest BCUT2D eigenvalue weighted by Gasteiger charge is -2.27. The number of nitrogens with one attached hydrogen (secondary N) is 1. The zero-order valence-corrected chi connectivity index (χ0v) is 16.6. The Morgan fingerprint density at radius 2 is 2.03 bits per heavy atom. The third-order valence-corrected chi connectivity index (χ3v) is 5.09. The Hall–Kier alpha value is -3.06. The predicted molar refractivity (Wildman–Crippen MR) is 108 cm³/mol. The van der Waals surface area contributed by atoms with E-state index in [9.17, 15) is 4.39 Å². The Bertz CT molecular complexity index is 989. The molecule has 6 nitrogen and oxygen atoms in total. The van der Waals surface area contributed by atoms with Gasteiger partial charge in [0.1, 0.15) is 0 Å². The van der Waals surface area contributed by atoms with Gasteiger partial charge in [-0.15, -0.1) is 0 Å². The number of H-pyrrole nitrogens is 1. The summed E-state index contributed by atoms with van der Waals surface area (Å²) in [5, 5.41) is 7.21. The fraction of sp³-hybridized carbons (Fsp3) is 0.318. The largest absolute Gasteiger partial charge is 0.494 e. The van der Waals surface area contributed by atoms with Crippen LogP contribution in [-0.4, -0.2) is 42.5 Å². The van der Waals surface area contributed by atoms with Crippen LogP contribution >= 0.6 is 0 Å². The number of halogens is 1. The van der Waals surface area contributed by atoms with E-state index in [1.165, 1.54) is 13.2 Å². The molecule has 4 rings (SSSR count). The maximum Gasteiger partial charge on any atom is 0.165 e. The lowest BCUT2D eigenvalue weighted by Crippen LogP contribution is -2.27. The number of methoxy groups -OCH3 is 2. The number of hydrogen-bond acceptors (Lipinski definition) is 5. The fourth-order valence-corrected chi connectivity index (χ4v) is 3.67. The molecule has 0 saturated carbocycles. The van der Waals surface area contributed by atoms with E-state index in [0.29, 0.717) is 13.2 Å². The Kier molecular flexibility index (Phi) is 5.67. The number of hydrogen-bond donors (Lipinski definition) is 1. The molecule has 0 fully saturated rings. The first-order valence-corrected chi connectivity index (χ1v) is 9.56. The van der Waals surface area contributed by atoms with Crippen LogP contribution in [0.15, 0.2) is 42.6 Å². The third-order valence-electron chi connectivity index (χ3n) is 5.09. The Morgan fingerprint density at radius 3 is 2.83 bits per heavy atom. The van der Waals surface area contributed by atoms with Gasteiger partial charge in [0, 0.05) is 36.3 Å². The lowest BCUT2D eigenvalue weighted by atomic mass is 10.1. The standard InChI is InChI=1S/C22H24FN3O3/c1-27-19-8-7-15(11-18(19)23)21-17(12-24-25-21)14-26-9-4-10-29-22-16(13-26)5-3-6-20(22)28-2/h3,5-8,11-12H,4,9-10,13-14H2,1-2H3,(H,24,25). The monoisotopic (exact) mass is 397 g/mol. The van der Waals surface area contributed by atoms with Crippen molar-refractivity contribution < 1.29 is 18.6 Å².